The molecule has 0 aromatic heterocycles. The largest absolute Gasteiger partial charge is 0.427 e. The van der Waals surface area contributed by atoms with Gasteiger partial charge < -0.3 is 13.9 Å². The maximum atomic E-state index is 12.6. The Morgan fingerprint density at radius 1 is 1.33 bits per heavy atom. The molecule has 1 aliphatic carbocycles. The van der Waals surface area contributed by atoms with Gasteiger partial charge in [0.25, 0.3) is 0 Å². The Bertz CT molecular complexity index is 738. The molecule has 5 nitrogen and oxygen atoms in total. The summed E-state index contributed by atoms with van der Waals surface area (Å²) in [6.07, 6.45) is 5.70. The highest BCUT2D eigenvalue weighted by Gasteiger charge is 2.39. The van der Waals surface area contributed by atoms with Crippen molar-refractivity contribution >= 4 is 19.0 Å². The maximum absolute atomic E-state index is 12.6. The van der Waals surface area contributed by atoms with E-state index in [1.54, 1.807) is 0 Å². The van der Waals surface area contributed by atoms with E-state index in [1.807, 2.05) is 42.5 Å². The first-order valence-corrected chi connectivity index (χ1v) is 8.88. The van der Waals surface area contributed by atoms with Crippen molar-refractivity contribution in [2.75, 3.05) is 24.7 Å². The Kier molecular flexibility index (Phi) is 2.73. The molecule has 1 aromatic carbocycles. The van der Waals surface area contributed by atoms with E-state index >= 15 is 0 Å². The molecule has 0 saturated carbocycles. The van der Waals surface area contributed by atoms with Crippen LogP contribution >= 0.6 is 7.60 Å². The molecule has 0 saturated heterocycles. The van der Waals surface area contributed by atoms with Gasteiger partial charge in [-0.1, -0.05) is 18.2 Å². The number of para-hydroxylation sites is 2. The van der Waals surface area contributed by atoms with Crippen molar-refractivity contribution in [1.29, 1.82) is 0 Å². The minimum atomic E-state index is -3.20. The van der Waals surface area contributed by atoms with Crippen molar-refractivity contribution in [3.63, 3.8) is 0 Å². The van der Waals surface area contributed by atoms with Gasteiger partial charge in [0.15, 0.2) is 5.75 Å². The quantitative estimate of drug-likeness (QED) is 0.691. The Labute approximate surface area is 123 Å². The van der Waals surface area contributed by atoms with E-state index in [1.165, 1.54) is 6.66 Å². The fourth-order valence-electron chi connectivity index (χ4n) is 2.94. The first-order chi connectivity index (χ1) is 10.1. The number of hydrogen-bond donors (Lipinski definition) is 0. The number of aliphatic imine (C=N–C) groups is 1. The second kappa shape index (κ2) is 4.50. The summed E-state index contributed by atoms with van der Waals surface area (Å²) in [5.74, 6) is 1.23. The maximum Gasteiger partial charge on any atom is 0.427 e. The van der Waals surface area contributed by atoms with E-state index in [0.717, 1.165) is 24.5 Å². The van der Waals surface area contributed by atoms with Crippen LogP contribution in [0, 0.1) is 0 Å². The van der Waals surface area contributed by atoms with Gasteiger partial charge in [0.05, 0.1) is 24.6 Å². The molecule has 3 aliphatic rings. The number of hydrogen-bond acceptors (Lipinski definition) is 5. The van der Waals surface area contributed by atoms with Crippen LogP contribution in [0.3, 0.4) is 0 Å². The van der Waals surface area contributed by atoms with Crippen LogP contribution < -0.4 is 9.42 Å². The highest BCUT2D eigenvalue weighted by Crippen LogP contribution is 2.52. The molecular weight excluding hydrogens is 287 g/mol. The van der Waals surface area contributed by atoms with Crippen molar-refractivity contribution in [2.24, 2.45) is 4.99 Å². The van der Waals surface area contributed by atoms with Gasteiger partial charge in [0.1, 0.15) is 11.8 Å². The molecule has 2 heterocycles. The Morgan fingerprint density at radius 3 is 3.10 bits per heavy atom. The summed E-state index contributed by atoms with van der Waals surface area (Å²) < 4.78 is 23.9. The van der Waals surface area contributed by atoms with E-state index in [0.29, 0.717) is 11.5 Å². The van der Waals surface area contributed by atoms with Crippen LogP contribution in [-0.2, 0) is 9.09 Å². The molecule has 0 N–H and O–H groups in total. The zero-order valence-electron chi connectivity index (χ0n) is 11.6. The second-order valence-electron chi connectivity index (χ2n) is 5.25. The van der Waals surface area contributed by atoms with Crippen molar-refractivity contribution < 1.29 is 13.6 Å². The molecule has 0 spiro atoms. The number of benzene rings is 1. The number of anilines is 1. The summed E-state index contributed by atoms with van der Waals surface area (Å²) in [5.41, 5.74) is 1.87. The van der Waals surface area contributed by atoms with Crippen LogP contribution in [0.2, 0.25) is 0 Å². The van der Waals surface area contributed by atoms with Gasteiger partial charge in [-0.2, -0.15) is 0 Å². The molecule has 21 heavy (non-hydrogen) atoms. The fraction of sp³-hybridized carbons (Fsp3) is 0.267. The summed E-state index contributed by atoms with van der Waals surface area (Å²) in [5, 5.41) is 0. The van der Waals surface area contributed by atoms with E-state index in [9.17, 15) is 4.57 Å². The lowest BCUT2D eigenvalue weighted by Crippen LogP contribution is -2.48. The number of fused-ring (bicyclic) bond motifs is 2. The summed E-state index contributed by atoms with van der Waals surface area (Å²) >= 11 is 0. The lowest BCUT2D eigenvalue weighted by molar-refractivity contribution is 0.316. The third-order valence-electron chi connectivity index (χ3n) is 3.73. The zero-order chi connectivity index (χ0) is 14.4. The van der Waals surface area contributed by atoms with Crippen molar-refractivity contribution in [3.8, 4) is 5.75 Å². The smallest absolute Gasteiger partial charge is 0.418 e. The lowest BCUT2D eigenvalue weighted by atomic mass is 9.99. The van der Waals surface area contributed by atoms with Gasteiger partial charge in [-0.3, -0.25) is 4.99 Å². The topological polar surface area (TPSA) is 51.1 Å². The number of nitrogens with zero attached hydrogens (tertiary/aromatic N) is 2. The standard InChI is InChI=1S/C15H15N2O3P/c1-21(18)19-13-7-3-2-6-12(13)17-10-9-16-11-5-4-8-14(20-21)15(11)17/h2-8,15H,9-10H2,1H3. The van der Waals surface area contributed by atoms with Crippen LogP contribution in [0.5, 0.6) is 5.75 Å². The van der Waals surface area contributed by atoms with Gasteiger partial charge in [-0.05, 0) is 24.3 Å². The van der Waals surface area contributed by atoms with E-state index in [2.05, 4.69) is 9.89 Å². The van der Waals surface area contributed by atoms with Gasteiger partial charge in [-0.25, -0.2) is 4.57 Å². The van der Waals surface area contributed by atoms with E-state index in [-0.39, 0.29) is 6.04 Å². The molecular formula is C15H15N2O3P. The van der Waals surface area contributed by atoms with Gasteiger partial charge in [0, 0.05) is 6.54 Å². The first kappa shape index (κ1) is 12.7. The van der Waals surface area contributed by atoms with Gasteiger partial charge in [0.2, 0.25) is 0 Å². The third kappa shape index (κ3) is 2.09. The van der Waals surface area contributed by atoms with Crippen LogP contribution in [0.1, 0.15) is 0 Å². The molecule has 0 bridgehead atoms. The molecule has 0 fully saturated rings. The number of rotatable bonds is 0. The van der Waals surface area contributed by atoms with Crippen LogP contribution in [0.25, 0.3) is 0 Å². The predicted octanol–water partition coefficient (Wildman–Crippen LogP) is 3.00. The molecule has 0 amide bonds. The fourth-order valence-corrected chi connectivity index (χ4v) is 4.03. The van der Waals surface area contributed by atoms with Crippen molar-refractivity contribution in [1.82, 2.24) is 0 Å². The lowest BCUT2D eigenvalue weighted by Gasteiger charge is -2.41. The molecule has 6 heteroatoms. The molecule has 2 atom stereocenters. The van der Waals surface area contributed by atoms with E-state index in [4.69, 9.17) is 9.05 Å². The first-order valence-electron chi connectivity index (χ1n) is 6.89. The van der Waals surface area contributed by atoms with E-state index < -0.39 is 7.60 Å². The molecule has 2 aliphatic heterocycles. The predicted molar refractivity (Wildman–Crippen MR) is 82.3 cm³/mol. The SMILES string of the molecule is CP1(=O)OC2=CC=CC3=NCCN(c4ccccc4O1)C23. The normalized spacial score (nSPS) is 29.8. The summed E-state index contributed by atoms with van der Waals surface area (Å²) in [7, 11) is -3.20. The molecule has 1 aromatic rings. The summed E-state index contributed by atoms with van der Waals surface area (Å²) in [4.78, 5) is 6.76. The monoisotopic (exact) mass is 302 g/mol. The van der Waals surface area contributed by atoms with Crippen LogP contribution in [0.4, 0.5) is 5.69 Å². The summed E-state index contributed by atoms with van der Waals surface area (Å²) in [6.45, 7) is 3.00. The van der Waals surface area contributed by atoms with Crippen LogP contribution in [0.15, 0.2) is 53.2 Å². The Morgan fingerprint density at radius 2 is 2.19 bits per heavy atom. The average Bonchev–Trinajstić information content (AvgIpc) is 2.45. The minimum absolute atomic E-state index is 0.123. The van der Waals surface area contributed by atoms with Crippen LogP contribution in [-0.4, -0.2) is 31.5 Å². The Balaban J connectivity index is 1.93. The second-order valence-corrected chi connectivity index (χ2v) is 7.16. The molecule has 2 unspecified atom stereocenters. The summed E-state index contributed by atoms with van der Waals surface area (Å²) in [6, 6.07) is 7.52. The molecule has 0 radical (unpaired) electrons. The molecule has 4 rings (SSSR count). The highest BCUT2D eigenvalue weighted by molar-refractivity contribution is 7.53. The highest BCUT2D eigenvalue weighted by atomic mass is 31.2. The zero-order valence-corrected chi connectivity index (χ0v) is 12.5. The van der Waals surface area contributed by atoms with Gasteiger partial charge >= 0.3 is 7.60 Å². The average molecular weight is 302 g/mol. The number of allylic oxidation sites excluding steroid dienone is 2. The van der Waals surface area contributed by atoms with Gasteiger partial charge in [-0.15, -0.1) is 0 Å². The third-order valence-corrected chi connectivity index (χ3v) is 4.80. The van der Waals surface area contributed by atoms with Crippen molar-refractivity contribution in [2.45, 2.75) is 6.04 Å². The molecule has 108 valence electrons. The van der Waals surface area contributed by atoms with Crippen molar-refractivity contribution in [3.05, 3.63) is 48.3 Å². The Hall–Kier alpha value is -2.00. The minimum Gasteiger partial charge on any atom is -0.418 e.